The van der Waals surface area contributed by atoms with Crippen LogP contribution in [0.2, 0.25) is 5.02 Å². The number of rotatable bonds is 6. The minimum atomic E-state index is 0.117. The highest BCUT2D eigenvalue weighted by molar-refractivity contribution is 7.99. The zero-order valence-corrected chi connectivity index (χ0v) is 18.0. The van der Waals surface area contributed by atoms with Gasteiger partial charge in [-0.2, -0.15) is 0 Å². The molecule has 2 N–H and O–H groups in total. The number of hydrogen-bond acceptors (Lipinski definition) is 3. The maximum Gasteiger partial charge on any atom is 0.253 e. The Kier molecular flexibility index (Phi) is 8.01. The van der Waals surface area contributed by atoms with Gasteiger partial charge in [-0.1, -0.05) is 11.6 Å². The fourth-order valence-corrected chi connectivity index (χ4v) is 4.13. The molecule has 0 aliphatic carbocycles. The van der Waals surface area contributed by atoms with Crippen molar-refractivity contribution in [1.29, 1.82) is 0 Å². The second-order valence-electron chi connectivity index (χ2n) is 6.61. The molecule has 0 bridgehead atoms. The van der Waals surface area contributed by atoms with E-state index in [4.69, 9.17) is 23.8 Å². The van der Waals surface area contributed by atoms with Crippen LogP contribution in [0.5, 0.6) is 0 Å². The van der Waals surface area contributed by atoms with E-state index in [1.807, 2.05) is 53.4 Å². The molecule has 0 unspecified atom stereocenters. The van der Waals surface area contributed by atoms with E-state index in [2.05, 4.69) is 10.6 Å². The van der Waals surface area contributed by atoms with Crippen molar-refractivity contribution in [3.63, 3.8) is 0 Å². The van der Waals surface area contributed by atoms with Crippen molar-refractivity contribution in [2.75, 3.05) is 30.7 Å². The van der Waals surface area contributed by atoms with Crippen LogP contribution in [-0.2, 0) is 0 Å². The van der Waals surface area contributed by atoms with Crippen LogP contribution in [-0.4, -0.2) is 41.3 Å². The number of carbonyl (C=O) groups is 1. The van der Waals surface area contributed by atoms with Crippen molar-refractivity contribution in [1.82, 2.24) is 10.2 Å². The molecular weight excluding hydrogens is 410 g/mol. The van der Waals surface area contributed by atoms with Crippen molar-refractivity contribution in [2.24, 2.45) is 0 Å². The number of benzene rings is 2. The summed E-state index contributed by atoms with van der Waals surface area (Å²) in [5.41, 5.74) is 1.60. The van der Waals surface area contributed by atoms with Gasteiger partial charge in [-0.3, -0.25) is 4.79 Å². The molecule has 4 nitrogen and oxygen atoms in total. The zero-order chi connectivity index (χ0) is 19.8. The Bertz CT molecular complexity index is 790. The molecule has 2 aromatic carbocycles. The third kappa shape index (κ3) is 6.40. The lowest BCUT2D eigenvalue weighted by Crippen LogP contribution is -2.35. The molecule has 0 saturated carbocycles. The first kappa shape index (κ1) is 21.0. The number of thioether (sulfide) groups is 1. The van der Waals surface area contributed by atoms with E-state index in [0.29, 0.717) is 5.11 Å². The Balaban J connectivity index is 1.40. The first-order chi connectivity index (χ1) is 13.6. The Morgan fingerprint density at radius 2 is 1.71 bits per heavy atom. The van der Waals surface area contributed by atoms with Gasteiger partial charge < -0.3 is 15.5 Å². The van der Waals surface area contributed by atoms with Gasteiger partial charge in [0.05, 0.1) is 0 Å². The van der Waals surface area contributed by atoms with Gasteiger partial charge in [-0.05, 0) is 80.0 Å². The maximum atomic E-state index is 12.5. The molecule has 0 atom stereocenters. The molecule has 2 aromatic rings. The fourth-order valence-electron chi connectivity index (χ4n) is 3.02. The highest BCUT2D eigenvalue weighted by atomic mass is 35.5. The number of piperidine rings is 1. The second kappa shape index (κ2) is 10.7. The lowest BCUT2D eigenvalue weighted by molar-refractivity contribution is 0.0724. The Hall–Kier alpha value is -1.76. The van der Waals surface area contributed by atoms with Gasteiger partial charge in [0.1, 0.15) is 0 Å². The number of nitrogens with one attached hydrogen (secondary N) is 2. The summed E-state index contributed by atoms with van der Waals surface area (Å²) in [6, 6.07) is 15.3. The minimum absolute atomic E-state index is 0.117. The van der Waals surface area contributed by atoms with Gasteiger partial charge in [0.2, 0.25) is 0 Å². The first-order valence-electron chi connectivity index (χ1n) is 9.44. The van der Waals surface area contributed by atoms with Crippen LogP contribution in [0.4, 0.5) is 5.69 Å². The number of nitrogens with zero attached hydrogens (tertiary/aromatic N) is 1. The Morgan fingerprint density at radius 3 is 2.39 bits per heavy atom. The standard InChI is InChI=1S/C21H24ClN3OS2/c22-17-6-10-19(11-7-17)28-15-12-23-21(27)24-18-8-4-16(5-9-18)20(26)25-13-2-1-3-14-25/h4-11H,1-3,12-15H2,(H2,23,24,27). The lowest BCUT2D eigenvalue weighted by atomic mass is 10.1. The van der Waals surface area contributed by atoms with E-state index < -0.39 is 0 Å². The van der Waals surface area contributed by atoms with Gasteiger partial charge in [-0.25, -0.2) is 0 Å². The van der Waals surface area contributed by atoms with Gasteiger partial charge in [0.15, 0.2) is 5.11 Å². The monoisotopic (exact) mass is 433 g/mol. The quantitative estimate of drug-likeness (QED) is 0.379. The van der Waals surface area contributed by atoms with E-state index in [0.717, 1.165) is 54.5 Å². The molecule has 3 rings (SSSR count). The van der Waals surface area contributed by atoms with Crippen molar-refractivity contribution in [2.45, 2.75) is 24.2 Å². The number of hydrogen-bond donors (Lipinski definition) is 2. The average Bonchev–Trinajstić information content (AvgIpc) is 2.73. The van der Waals surface area contributed by atoms with Crippen LogP contribution in [0.1, 0.15) is 29.6 Å². The summed E-state index contributed by atoms with van der Waals surface area (Å²) in [6.07, 6.45) is 3.42. The summed E-state index contributed by atoms with van der Waals surface area (Å²) in [7, 11) is 0. The minimum Gasteiger partial charge on any atom is -0.362 e. The van der Waals surface area contributed by atoms with Gasteiger partial charge in [0, 0.05) is 46.6 Å². The van der Waals surface area contributed by atoms with Crippen LogP contribution in [0.3, 0.4) is 0 Å². The maximum absolute atomic E-state index is 12.5. The number of carbonyl (C=O) groups excluding carboxylic acids is 1. The van der Waals surface area contributed by atoms with E-state index in [1.165, 1.54) is 11.3 Å². The highest BCUT2D eigenvalue weighted by Gasteiger charge is 2.17. The number of thiocarbonyl (C=S) groups is 1. The van der Waals surface area contributed by atoms with E-state index >= 15 is 0 Å². The van der Waals surface area contributed by atoms with Crippen LogP contribution < -0.4 is 10.6 Å². The highest BCUT2D eigenvalue weighted by Crippen LogP contribution is 2.20. The largest absolute Gasteiger partial charge is 0.362 e. The predicted octanol–water partition coefficient (Wildman–Crippen LogP) is 5.04. The van der Waals surface area contributed by atoms with Gasteiger partial charge in [-0.15, -0.1) is 11.8 Å². The van der Waals surface area contributed by atoms with Crippen molar-refractivity contribution < 1.29 is 4.79 Å². The van der Waals surface area contributed by atoms with Crippen LogP contribution in [0.25, 0.3) is 0 Å². The van der Waals surface area contributed by atoms with Crippen LogP contribution in [0.15, 0.2) is 53.4 Å². The molecule has 1 aliphatic heterocycles. The molecule has 1 fully saturated rings. The van der Waals surface area contributed by atoms with Crippen molar-refractivity contribution in [3.8, 4) is 0 Å². The van der Waals surface area contributed by atoms with Crippen LogP contribution in [0, 0.1) is 0 Å². The fraction of sp³-hybridized carbons (Fsp3) is 0.333. The molecule has 1 amide bonds. The van der Waals surface area contributed by atoms with Crippen molar-refractivity contribution >= 4 is 52.3 Å². The Morgan fingerprint density at radius 1 is 1.04 bits per heavy atom. The zero-order valence-electron chi connectivity index (χ0n) is 15.6. The van der Waals surface area contributed by atoms with Crippen molar-refractivity contribution in [3.05, 3.63) is 59.1 Å². The molecule has 0 radical (unpaired) electrons. The van der Waals surface area contributed by atoms with Gasteiger partial charge >= 0.3 is 0 Å². The number of halogens is 1. The number of likely N-dealkylation sites (tertiary alicyclic amines) is 1. The summed E-state index contributed by atoms with van der Waals surface area (Å²) in [5, 5.41) is 7.69. The van der Waals surface area contributed by atoms with E-state index in [1.54, 1.807) is 11.8 Å². The summed E-state index contributed by atoms with van der Waals surface area (Å²) < 4.78 is 0. The molecule has 0 aromatic heterocycles. The molecule has 0 spiro atoms. The Labute approximate surface area is 181 Å². The topological polar surface area (TPSA) is 44.4 Å². The average molecular weight is 434 g/mol. The third-order valence-electron chi connectivity index (χ3n) is 4.50. The summed E-state index contributed by atoms with van der Waals surface area (Å²) in [5.74, 6) is 1.01. The summed E-state index contributed by atoms with van der Waals surface area (Å²) in [6.45, 7) is 2.48. The normalized spacial score (nSPS) is 13.8. The van der Waals surface area contributed by atoms with E-state index in [9.17, 15) is 4.79 Å². The molecule has 1 saturated heterocycles. The number of anilines is 1. The summed E-state index contributed by atoms with van der Waals surface area (Å²) in [4.78, 5) is 15.6. The molecular formula is C21H24ClN3OS2. The molecule has 7 heteroatoms. The SMILES string of the molecule is O=C(c1ccc(NC(=S)NCCSc2ccc(Cl)cc2)cc1)N1CCCCC1. The second-order valence-corrected chi connectivity index (χ2v) is 8.63. The van der Waals surface area contributed by atoms with Gasteiger partial charge in [0.25, 0.3) is 5.91 Å². The molecule has 1 heterocycles. The number of amides is 1. The third-order valence-corrected chi connectivity index (χ3v) is 6.02. The lowest BCUT2D eigenvalue weighted by Gasteiger charge is -2.26. The molecule has 148 valence electrons. The summed E-state index contributed by atoms with van der Waals surface area (Å²) >= 11 is 13.0. The molecule has 1 aliphatic rings. The van der Waals surface area contributed by atoms with Crippen LogP contribution >= 0.6 is 35.6 Å². The molecule has 28 heavy (non-hydrogen) atoms. The first-order valence-corrected chi connectivity index (χ1v) is 11.2. The van der Waals surface area contributed by atoms with E-state index in [-0.39, 0.29) is 5.91 Å². The predicted molar refractivity (Wildman–Crippen MR) is 123 cm³/mol. The smallest absolute Gasteiger partial charge is 0.253 e.